The van der Waals surface area contributed by atoms with Gasteiger partial charge in [0.2, 0.25) is 5.75 Å². The van der Waals surface area contributed by atoms with Gasteiger partial charge in [-0.15, -0.1) is 0 Å². The number of nitro benzene ring substituents is 1. The van der Waals surface area contributed by atoms with E-state index in [1.165, 1.54) is 6.07 Å². The monoisotopic (exact) mass is 279 g/mol. The van der Waals surface area contributed by atoms with Crippen LogP contribution in [-0.2, 0) is 0 Å². The molecule has 4 nitrogen and oxygen atoms in total. The van der Waals surface area contributed by atoms with Gasteiger partial charge in [0.05, 0.1) is 16.6 Å². The van der Waals surface area contributed by atoms with Gasteiger partial charge in [0.15, 0.2) is 0 Å². The first kappa shape index (κ1) is 11.3. The Labute approximate surface area is 94.1 Å². The van der Waals surface area contributed by atoms with E-state index in [1.54, 1.807) is 13.0 Å². The summed E-state index contributed by atoms with van der Waals surface area (Å²) in [5.41, 5.74) is -0.133. The second-order valence-corrected chi connectivity index (χ2v) is 3.75. The van der Waals surface area contributed by atoms with E-state index >= 15 is 0 Å². The van der Waals surface area contributed by atoms with Gasteiger partial charge in [-0.3, -0.25) is 10.1 Å². The summed E-state index contributed by atoms with van der Waals surface area (Å²) in [6, 6.07) is 2.91. The molecule has 0 radical (unpaired) electrons. The first-order valence-corrected chi connectivity index (χ1v) is 4.99. The molecule has 0 spiro atoms. The number of rotatable bonds is 3. The number of hydrogen-bond acceptors (Lipinski definition) is 3. The van der Waals surface area contributed by atoms with Gasteiger partial charge in [-0.1, -0.05) is 27.5 Å². The van der Waals surface area contributed by atoms with Crippen molar-refractivity contribution in [3.8, 4) is 5.75 Å². The number of nitro groups is 1. The zero-order valence-corrected chi connectivity index (χ0v) is 9.63. The van der Waals surface area contributed by atoms with Crippen LogP contribution in [0.2, 0.25) is 5.02 Å². The van der Waals surface area contributed by atoms with Crippen molar-refractivity contribution in [3.63, 3.8) is 0 Å². The minimum Gasteiger partial charge on any atom is -0.486 e. The van der Waals surface area contributed by atoms with Crippen molar-refractivity contribution in [3.05, 3.63) is 31.7 Å². The van der Waals surface area contributed by atoms with Crippen LogP contribution in [0.1, 0.15) is 6.92 Å². The minimum atomic E-state index is -0.526. The highest BCUT2D eigenvalue weighted by atomic mass is 79.9. The summed E-state index contributed by atoms with van der Waals surface area (Å²) >= 11 is 8.92. The molecule has 0 atom stereocenters. The van der Waals surface area contributed by atoms with Crippen molar-refractivity contribution in [1.29, 1.82) is 0 Å². The van der Waals surface area contributed by atoms with Gasteiger partial charge >= 0.3 is 5.69 Å². The van der Waals surface area contributed by atoms with Gasteiger partial charge in [0, 0.05) is 10.5 Å². The van der Waals surface area contributed by atoms with Crippen molar-refractivity contribution in [2.45, 2.75) is 6.92 Å². The van der Waals surface area contributed by atoms with Crippen LogP contribution in [0.25, 0.3) is 0 Å². The first-order chi connectivity index (χ1) is 6.56. The molecule has 0 aliphatic carbocycles. The lowest BCUT2D eigenvalue weighted by molar-refractivity contribution is -0.385. The largest absolute Gasteiger partial charge is 0.486 e. The minimum absolute atomic E-state index is 0.113. The molecule has 0 N–H and O–H groups in total. The zero-order valence-electron chi connectivity index (χ0n) is 7.29. The Hall–Kier alpha value is -0.810. The van der Waals surface area contributed by atoms with Crippen molar-refractivity contribution in [2.24, 2.45) is 0 Å². The van der Waals surface area contributed by atoms with Crippen LogP contribution in [0.5, 0.6) is 5.75 Å². The second kappa shape index (κ2) is 4.61. The molecule has 1 rings (SSSR count). The van der Waals surface area contributed by atoms with Crippen LogP contribution >= 0.6 is 27.5 Å². The Morgan fingerprint density at radius 3 is 2.79 bits per heavy atom. The van der Waals surface area contributed by atoms with E-state index in [9.17, 15) is 10.1 Å². The van der Waals surface area contributed by atoms with Crippen LogP contribution in [0.4, 0.5) is 5.69 Å². The van der Waals surface area contributed by atoms with E-state index in [0.29, 0.717) is 11.1 Å². The summed E-state index contributed by atoms with van der Waals surface area (Å²) in [5, 5.41) is 10.9. The molecule has 14 heavy (non-hydrogen) atoms. The molecule has 1 aromatic rings. The Morgan fingerprint density at radius 1 is 1.64 bits per heavy atom. The molecule has 0 amide bonds. The molecular weight excluding hydrogens is 273 g/mol. The lowest BCUT2D eigenvalue weighted by Crippen LogP contribution is -1.98. The molecule has 0 aromatic heterocycles. The molecule has 0 saturated heterocycles. The summed E-state index contributed by atoms with van der Waals surface area (Å²) in [4.78, 5) is 10.1. The normalized spacial score (nSPS) is 9.93. The molecule has 0 fully saturated rings. The maximum atomic E-state index is 10.6. The van der Waals surface area contributed by atoms with Crippen LogP contribution < -0.4 is 4.74 Å². The van der Waals surface area contributed by atoms with Crippen molar-refractivity contribution >= 4 is 33.2 Å². The number of nitrogens with zero attached hydrogens (tertiary/aromatic N) is 1. The Balaban J connectivity index is 3.28. The SMILES string of the molecule is CCOc1c(Cl)cc(Br)cc1[N+](=O)[O-]. The van der Waals surface area contributed by atoms with E-state index in [2.05, 4.69) is 15.9 Å². The van der Waals surface area contributed by atoms with E-state index < -0.39 is 4.92 Å². The van der Waals surface area contributed by atoms with Gasteiger partial charge in [0.1, 0.15) is 0 Å². The fraction of sp³-hybridized carbons (Fsp3) is 0.250. The third-order valence-electron chi connectivity index (χ3n) is 1.47. The fourth-order valence-corrected chi connectivity index (χ4v) is 1.82. The van der Waals surface area contributed by atoms with Crippen LogP contribution in [0, 0.1) is 10.1 Å². The lowest BCUT2D eigenvalue weighted by Gasteiger charge is -2.06. The molecule has 1 aromatic carbocycles. The van der Waals surface area contributed by atoms with Gasteiger partial charge < -0.3 is 4.74 Å². The average molecular weight is 281 g/mol. The maximum Gasteiger partial charge on any atom is 0.313 e. The predicted octanol–water partition coefficient (Wildman–Crippen LogP) is 3.41. The summed E-state index contributed by atoms with van der Waals surface area (Å²) in [6.07, 6.45) is 0. The van der Waals surface area contributed by atoms with Crippen LogP contribution in [0.15, 0.2) is 16.6 Å². The van der Waals surface area contributed by atoms with E-state index in [4.69, 9.17) is 16.3 Å². The standard InChI is InChI=1S/C8H7BrClNO3/c1-2-14-8-6(10)3-5(9)4-7(8)11(12)13/h3-4H,2H2,1H3. The van der Waals surface area contributed by atoms with Gasteiger partial charge in [-0.25, -0.2) is 0 Å². The number of halogens is 2. The van der Waals surface area contributed by atoms with E-state index in [0.717, 1.165) is 0 Å². The third kappa shape index (κ3) is 2.36. The van der Waals surface area contributed by atoms with Crippen molar-refractivity contribution in [2.75, 3.05) is 6.61 Å². The summed E-state index contributed by atoms with van der Waals surface area (Å²) in [6.45, 7) is 2.07. The third-order valence-corrected chi connectivity index (χ3v) is 2.21. The van der Waals surface area contributed by atoms with Gasteiger partial charge in [-0.05, 0) is 13.0 Å². The molecule has 76 valence electrons. The van der Waals surface area contributed by atoms with Crippen molar-refractivity contribution < 1.29 is 9.66 Å². The van der Waals surface area contributed by atoms with Crippen LogP contribution in [0.3, 0.4) is 0 Å². The lowest BCUT2D eigenvalue weighted by atomic mass is 10.3. The number of ether oxygens (including phenoxy) is 1. The molecular formula is C8H7BrClNO3. The topological polar surface area (TPSA) is 52.4 Å². The molecule has 0 saturated carbocycles. The summed E-state index contributed by atoms with van der Waals surface area (Å²) in [7, 11) is 0. The summed E-state index contributed by atoms with van der Waals surface area (Å²) < 4.78 is 5.64. The second-order valence-electron chi connectivity index (χ2n) is 2.43. The zero-order chi connectivity index (χ0) is 10.7. The van der Waals surface area contributed by atoms with Crippen molar-refractivity contribution in [1.82, 2.24) is 0 Å². The molecule has 0 unspecified atom stereocenters. The summed E-state index contributed by atoms with van der Waals surface area (Å²) in [5.74, 6) is 0.113. The highest BCUT2D eigenvalue weighted by Gasteiger charge is 2.19. The Kier molecular flexibility index (Phi) is 3.71. The van der Waals surface area contributed by atoms with Gasteiger partial charge in [0.25, 0.3) is 0 Å². The average Bonchev–Trinajstić information content (AvgIpc) is 2.09. The molecule has 6 heteroatoms. The molecule has 0 heterocycles. The smallest absolute Gasteiger partial charge is 0.313 e. The van der Waals surface area contributed by atoms with E-state index in [1.807, 2.05) is 0 Å². The highest BCUT2D eigenvalue weighted by molar-refractivity contribution is 9.10. The molecule has 0 aliphatic heterocycles. The number of hydrogen-bond donors (Lipinski definition) is 0. The maximum absolute atomic E-state index is 10.6. The van der Waals surface area contributed by atoms with Crippen LogP contribution in [-0.4, -0.2) is 11.5 Å². The molecule has 0 bridgehead atoms. The first-order valence-electron chi connectivity index (χ1n) is 3.82. The van der Waals surface area contributed by atoms with E-state index in [-0.39, 0.29) is 16.5 Å². The fourth-order valence-electron chi connectivity index (χ4n) is 0.970. The molecule has 0 aliphatic rings. The quantitative estimate of drug-likeness (QED) is 0.630. The Bertz CT molecular complexity index is 370. The van der Waals surface area contributed by atoms with Gasteiger partial charge in [-0.2, -0.15) is 0 Å². The highest BCUT2D eigenvalue weighted by Crippen LogP contribution is 2.37. The Morgan fingerprint density at radius 2 is 2.29 bits per heavy atom. The predicted molar refractivity (Wildman–Crippen MR) is 57.0 cm³/mol. The number of benzene rings is 1.